The smallest absolute Gasteiger partial charge is 0.333 e. The molecule has 56 heavy (non-hydrogen) atoms. The van der Waals surface area contributed by atoms with E-state index >= 15 is 0 Å². The SMILES string of the molecule is C=C(C)C(=O)OCC(=O)NC(C)COC(CC)CC(CC)(COCC(C)(C)NC(=O)COC(=O)C(=C)C)CC(C)(C)OCC(C)(C)NC(=O)COC(=O)C(=C)C. The monoisotopic (exact) mass is 795 g/mol. The molecule has 0 aromatic rings. The zero-order valence-electron chi connectivity index (χ0n) is 36.0. The number of hydrogen-bond donors (Lipinski definition) is 3. The molecule has 0 saturated heterocycles. The Labute approximate surface area is 334 Å². The minimum Gasteiger partial charge on any atom is -0.452 e. The van der Waals surface area contributed by atoms with Crippen molar-refractivity contribution in [3.63, 3.8) is 0 Å². The van der Waals surface area contributed by atoms with Crippen LogP contribution in [0.1, 0.15) is 109 Å². The van der Waals surface area contributed by atoms with Gasteiger partial charge in [0, 0.05) is 22.8 Å². The lowest BCUT2D eigenvalue weighted by molar-refractivity contribution is -0.146. The molecule has 0 aromatic carbocycles. The minimum atomic E-state index is -0.813. The van der Waals surface area contributed by atoms with Crippen molar-refractivity contribution >= 4 is 35.6 Å². The molecule has 0 aromatic heterocycles. The zero-order chi connectivity index (χ0) is 43.5. The molecule has 0 aliphatic heterocycles. The van der Waals surface area contributed by atoms with E-state index in [4.69, 9.17) is 28.4 Å². The highest BCUT2D eigenvalue weighted by Gasteiger charge is 2.40. The van der Waals surface area contributed by atoms with Crippen molar-refractivity contribution in [3.8, 4) is 0 Å². The summed E-state index contributed by atoms with van der Waals surface area (Å²) in [5.41, 5.74) is -2.29. The fourth-order valence-corrected chi connectivity index (χ4v) is 5.51. The van der Waals surface area contributed by atoms with E-state index in [1.165, 1.54) is 20.8 Å². The molecule has 15 heteroatoms. The van der Waals surface area contributed by atoms with Crippen LogP contribution in [0.3, 0.4) is 0 Å². The Morgan fingerprint density at radius 2 is 1.07 bits per heavy atom. The molecular formula is C41H69N3O12. The van der Waals surface area contributed by atoms with Gasteiger partial charge < -0.3 is 44.4 Å². The molecule has 0 spiro atoms. The molecule has 3 atom stereocenters. The predicted molar refractivity (Wildman–Crippen MR) is 212 cm³/mol. The number of carbonyl (C=O) groups is 6. The van der Waals surface area contributed by atoms with E-state index in [1.807, 2.05) is 20.8 Å². The van der Waals surface area contributed by atoms with Crippen molar-refractivity contribution in [1.82, 2.24) is 16.0 Å². The fraction of sp³-hybridized carbons (Fsp3) is 0.707. The summed E-state index contributed by atoms with van der Waals surface area (Å²) in [6.45, 7) is 31.4. The predicted octanol–water partition coefficient (Wildman–Crippen LogP) is 4.42. The molecule has 0 fully saturated rings. The van der Waals surface area contributed by atoms with E-state index in [-0.39, 0.29) is 55.3 Å². The van der Waals surface area contributed by atoms with Crippen LogP contribution in [0.15, 0.2) is 36.5 Å². The van der Waals surface area contributed by atoms with Gasteiger partial charge in [0.2, 0.25) is 0 Å². The first-order valence-electron chi connectivity index (χ1n) is 18.9. The molecule has 15 nitrogen and oxygen atoms in total. The molecule has 0 saturated carbocycles. The zero-order valence-corrected chi connectivity index (χ0v) is 36.0. The highest BCUT2D eigenvalue weighted by Crippen LogP contribution is 2.40. The van der Waals surface area contributed by atoms with Crippen LogP contribution in [0, 0.1) is 5.41 Å². The maximum Gasteiger partial charge on any atom is 0.333 e. The Morgan fingerprint density at radius 3 is 1.48 bits per heavy atom. The van der Waals surface area contributed by atoms with Crippen LogP contribution in [-0.2, 0) is 57.2 Å². The van der Waals surface area contributed by atoms with E-state index < -0.39 is 77.5 Å². The summed E-state index contributed by atoms with van der Waals surface area (Å²) in [6, 6.07) is -0.382. The summed E-state index contributed by atoms with van der Waals surface area (Å²) >= 11 is 0. The van der Waals surface area contributed by atoms with Gasteiger partial charge in [0.15, 0.2) is 19.8 Å². The van der Waals surface area contributed by atoms with Crippen molar-refractivity contribution in [2.45, 2.75) is 138 Å². The molecule has 0 aliphatic carbocycles. The first-order chi connectivity index (χ1) is 25.7. The number of hydrogen-bond acceptors (Lipinski definition) is 12. The summed E-state index contributed by atoms with van der Waals surface area (Å²) in [4.78, 5) is 72.6. The second-order valence-corrected chi connectivity index (χ2v) is 16.5. The quantitative estimate of drug-likeness (QED) is 0.0575. The number of amides is 3. The number of ether oxygens (including phenoxy) is 6. The Bertz CT molecular complexity index is 1400. The lowest BCUT2D eigenvalue weighted by Crippen LogP contribution is -2.51. The van der Waals surface area contributed by atoms with Crippen LogP contribution >= 0.6 is 0 Å². The first kappa shape index (κ1) is 51.9. The van der Waals surface area contributed by atoms with Crippen LogP contribution in [-0.4, -0.2) is 111 Å². The Kier molecular flexibility index (Phi) is 22.1. The topological polar surface area (TPSA) is 194 Å². The van der Waals surface area contributed by atoms with Crippen LogP contribution in [0.2, 0.25) is 0 Å². The van der Waals surface area contributed by atoms with Crippen molar-refractivity contribution in [2.75, 3.05) is 46.2 Å². The van der Waals surface area contributed by atoms with Gasteiger partial charge in [-0.1, -0.05) is 33.6 Å². The molecule has 3 N–H and O–H groups in total. The second kappa shape index (κ2) is 23.9. The van der Waals surface area contributed by atoms with Gasteiger partial charge in [0.25, 0.3) is 17.7 Å². The third-order valence-electron chi connectivity index (χ3n) is 8.36. The molecule has 0 rings (SSSR count). The first-order valence-corrected chi connectivity index (χ1v) is 18.9. The van der Waals surface area contributed by atoms with Crippen LogP contribution in [0.25, 0.3) is 0 Å². The van der Waals surface area contributed by atoms with Crippen molar-refractivity contribution in [2.24, 2.45) is 5.41 Å². The van der Waals surface area contributed by atoms with Crippen molar-refractivity contribution in [1.29, 1.82) is 0 Å². The standard InChI is InChI=1S/C41H69N3O12/c1-16-31(52-19-30(9)42-32(45)20-53-35(48)27(3)4)18-41(17-2,26-51-24-38(10,11)43-33(46)21-54-36(49)28(5)6)23-40(14,15)56-25-39(12,13)44-34(47)22-55-37(50)29(7)8/h30-31H,3,5,7,16-26H2,1-2,4,6,8-15H3,(H,42,45)(H,43,46)(H,44,47). The molecule has 3 amide bonds. The highest BCUT2D eigenvalue weighted by molar-refractivity contribution is 5.90. The molecule has 0 radical (unpaired) electrons. The van der Waals surface area contributed by atoms with Gasteiger partial charge in [-0.25, -0.2) is 14.4 Å². The normalized spacial score (nSPS) is 13.9. The summed E-state index contributed by atoms with van der Waals surface area (Å²) in [6.07, 6.45) is 2.14. The van der Waals surface area contributed by atoms with Gasteiger partial charge >= 0.3 is 17.9 Å². The van der Waals surface area contributed by atoms with Crippen LogP contribution in [0.5, 0.6) is 0 Å². The van der Waals surface area contributed by atoms with E-state index in [0.29, 0.717) is 25.7 Å². The average molecular weight is 796 g/mol. The molecule has 0 bridgehead atoms. The largest absolute Gasteiger partial charge is 0.452 e. The molecule has 0 heterocycles. The maximum absolute atomic E-state index is 12.6. The summed E-state index contributed by atoms with van der Waals surface area (Å²) in [5.74, 6) is -3.39. The van der Waals surface area contributed by atoms with Gasteiger partial charge in [0.1, 0.15) is 0 Å². The van der Waals surface area contributed by atoms with Gasteiger partial charge in [-0.15, -0.1) is 0 Å². The molecular weight excluding hydrogens is 726 g/mol. The average Bonchev–Trinajstić information content (AvgIpc) is 3.08. The van der Waals surface area contributed by atoms with E-state index in [1.54, 1.807) is 34.6 Å². The third kappa shape index (κ3) is 22.5. The van der Waals surface area contributed by atoms with Gasteiger partial charge in [-0.3, -0.25) is 14.4 Å². The molecule has 0 aliphatic rings. The Morgan fingerprint density at radius 1 is 0.643 bits per heavy atom. The van der Waals surface area contributed by atoms with Crippen LogP contribution < -0.4 is 16.0 Å². The van der Waals surface area contributed by atoms with E-state index in [2.05, 4.69) is 42.6 Å². The summed E-state index contributed by atoms with van der Waals surface area (Å²) < 4.78 is 34.0. The highest BCUT2D eigenvalue weighted by atomic mass is 16.5. The number of esters is 3. The number of rotatable bonds is 28. The third-order valence-corrected chi connectivity index (χ3v) is 8.36. The lowest BCUT2D eigenvalue weighted by Gasteiger charge is -2.43. The van der Waals surface area contributed by atoms with Gasteiger partial charge in [0.05, 0.1) is 49.2 Å². The fourth-order valence-electron chi connectivity index (χ4n) is 5.51. The van der Waals surface area contributed by atoms with Crippen molar-refractivity contribution < 1.29 is 57.2 Å². The summed E-state index contributed by atoms with van der Waals surface area (Å²) in [7, 11) is 0. The Hall–Kier alpha value is -4.08. The Balaban J connectivity index is 5.92. The van der Waals surface area contributed by atoms with E-state index in [9.17, 15) is 28.8 Å². The summed E-state index contributed by atoms with van der Waals surface area (Å²) in [5, 5.41) is 8.47. The number of carbonyl (C=O) groups excluding carboxylic acids is 6. The van der Waals surface area contributed by atoms with Gasteiger partial charge in [-0.2, -0.15) is 0 Å². The van der Waals surface area contributed by atoms with Crippen molar-refractivity contribution in [3.05, 3.63) is 36.5 Å². The number of nitrogens with one attached hydrogen (secondary N) is 3. The second-order valence-electron chi connectivity index (χ2n) is 16.5. The minimum absolute atomic E-state index is 0.141. The van der Waals surface area contributed by atoms with Gasteiger partial charge in [-0.05, 0) is 100 Å². The van der Waals surface area contributed by atoms with E-state index in [0.717, 1.165) is 0 Å². The lowest BCUT2D eigenvalue weighted by atomic mass is 9.72. The maximum atomic E-state index is 12.6. The van der Waals surface area contributed by atoms with Crippen LogP contribution in [0.4, 0.5) is 0 Å². The molecule has 3 unspecified atom stereocenters. The molecule has 320 valence electrons.